The second kappa shape index (κ2) is 5.69. The van der Waals surface area contributed by atoms with Crippen molar-refractivity contribution in [3.63, 3.8) is 0 Å². The Morgan fingerprint density at radius 2 is 1.87 bits per heavy atom. The van der Waals surface area contributed by atoms with E-state index in [0.717, 1.165) is 5.92 Å². The molecule has 1 heteroatoms. The SMILES string of the molecule is CC[C@H](C)Cc1c(Br)cccc1C(C)C. The largest absolute Gasteiger partial charge is 0.0651 e. The molecule has 1 rings (SSSR count). The van der Waals surface area contributed by atoms with E-state index in [-0.39, 0.29) is 0 Å². The highest BCUT2D eigenvalue weighted by Crippen LogP contribution is 2.29. The summed E-state index contributed by atoms with van der Waals surface area (Å²) in [5.74, 6) is 1.38. The molecule has 15 heavy (non-hydrogen) atoms. The Bertz CT molecular complexity index is 315. The third-order valence-electron chi connectivity index (χ3n) is 3.03. The zero-order chi connectivity index (χ0) is 11.4. The molecule has 0 saturated carbocycles. The van der Waals surface area contributed by atoms with Gasteiger partial charge in [-0.1, -0.05) is 62.2 Å². The summed E-state index contributed by atoms with van der Waals surface area (Å²) >= 11 is 3.67. The van der Waals surface area contributed by atoms with E-state index in [1.807, 2.05) is 0 Å². The molecule has 0 saturated heterocycles. The number of hydrogen-bond donors (Lipinski definition) is 0. The molecule has 0 aliphatic rings. The summed E-state index contributed by atoms with van der Waals surface area (Å²) in [7, 11) is 0. The Balaban J connectivity index is 3.02. The topological polar surface area (TPSA) is 0 Å². The fourth-order valence-corrected chi connectivity index (χ4v) is 2.37. The van der Waals surface area contributed by atoms with E-state index in [4.69, 9.17) is 0 Å². The van der Waals surface area contributed by atoms with Crippen LogP contribution in [0.1, 0.15) is 51.2 Å². The van der Waals surface area contributed by atoms with Gasteiger partial charge in [0, 0.05) is 4.47 Å². The molecule has 0 radical (unpaired) electrons. The molecule has 0 N–H and O–H groups in total. The molecule has 0 heterocycles. The minimum atomic E-state index is 0.613. The summed E-state index contributed by atoms with van der Waals surface area (Å²) in [6, 6.07) is 6.55. The van der Waals surface area contributed by atoms with Gasteiger partial charge in [0.1, 0.15) is 0 Å². The predicted octanol–water partition coefficient (Wildman–Crippen LogP) is 5.16. The van der Waals surface area contributed by atoms with E-state index in [2.05, 4.69) is 61.8 Å². The quantitative estimate of drug-likeness (QED) is 0.708. The summed E-state index contributed by atoms with van der Waals surface area (Å²) in [6.45, 7) is 9.11. The monoisotopic (exact) mass is 268 g/mol. The smallest absolute Gasteiger partial charge is 0.0210 e. The van der Waals surface area contributed by atoms with Crippen LogP contribution >= 0.6 is 15.9 Å². The van der Waals surface area contributed by atoms with Crippen LogP contribution in [0.3, 0.4) is 0 Å². The van der Waals surface area contributed by atoms with Crippen LogP contribution in [0.2, 0.25) is 0 Å². The van der Waals surface area contributed by atoms with E-state index < -0.39 is 0 Å². The normalized spacial score (nSPS) is 13.2. The average Bonchev–Trinajstić information content (AvgIpc) is 2.20. The van der Waals surface area contributed by atoms with E-state index in [1.54, 1.807) is 0 Å². The van der Waals surface area contributed by atoms with Gasteiger partial charge in [0.2, 0.25) is 0 Å². The molecule has 0 aliphatic carbocycles. The average molecular weight is 269 g/mol. The van der Waals surface area contributed by atoms with Gasteiger partial charge < -0.3 is 0 Å². The Morgan fingerprint density at radius 3 is 2.40 bits per heavy atom. The summed E-state index contributed by atoms with van der Waals surface area (Å²) < 4.78 is 1.27. The maximum atomic E-state index is 3.67. The fourth-order valence-electron chi connectivity index (χ4n) is 1.82. The van der Waals surface area contributed by atoms with Crippen molar-refractivity contribution < 1.29 is 0 Å². The molecular weight excluding hydrogens is 248 g/mol. The highest BCUT2D eigenvalue weighted by molar-refractivity contribution is 9.10. The van der Waals surface area contributed by atoms with Gasteiger partial charge in [0.25, 0.3) is 0 Å². The molecule has 0 spiro atoms. The molecule has 84 valence electrons. The molecule has 0 fully saturated rings. The number of hydrogen-bond acceptors (Lipinski definition) is 0. The zero-order valence-electron chi connectivity index (χ0n) is 10.2. The lowest BCUT2D eigenvalue weighted by molar-refractivity contribution is 0.555. The van der Waals surface area contributed by atoms with Crippen molar-refractivity contribution in [3.05, 3.63) is 33.8 Å². The molecule has 0 aliphatic heterocycles. The van der Waals surface area contributed by atoms with Crippen molar-refractivity contribution >= 4 is 15.9 Å². The van der Waals surface area contributed by atoms with Crippen molar-refractivity contribution in [2.75, 3.05) is 0 Å². The van der Waals surface area contributed by atoms with E-state index in [0.29, 0.717) is 5.92 Å². The van der Waals surface area contributed by atoms with Crippen LogP contribution in [0, 0.1) is 5.92 Å². The Morgan fingerprint density at radius 1 is 1.20 bits per heavy atom. The molecule has 0 unspecified atom stereocenters. The maximum absolute atomic E-state index is 3.67. The van der Waals surface area contributed by atoms with E-state index in [1.165, 1.54) is 28.4 Å². The van der Waals surface area contributed by atoms with Gasteiger partial charge in [0.05, 0.1) is 0 Å². The van der Waals surface area contributed by atoms with Crippen LogP contribution in [0.4, 0.5) is 0 Å². The molecule has 0 bridgehead atoms. The summed E-state index contributed by atoms with van der Waals surface area (Å²) in [6.07, 6.45) is 2.43. The summed E-state index contributed by atoms with van der Waals surface area (Å²) in [5, 5.41) is 0. The van der Waals surface area contributed by atoms with E-state index in [9.17, 15) is 0 Å². The van der Waals surface area contributed by atoms with Crippen molar-refractivity contribution in [2.24, 2.45) is 5.92 Å². The van der Waals surface area contributed by atoms with Gasteiger partial charge in [0.15, 0.2) is 0 Å². The predicted molar refractivity (Wildman–Crippen MR) is 71.4 cm³/mol. The summed E-state index contributed by atoms with van der Waals surface area (Å²) in [4.78, 5) is 0. The highest BCUT2D eigenvalue weighted by atomic mass is 79.9. The standard InChI is InChI=1S/C14H21Br/c1-5-11(4)9-13-12(10(2)3)7-6-8-14(13)15/h6-8,10-11H,5,9H2,1-4H3/t11-/m0/s1. The van der Waals surface area contributed by atoms with Gasteiger partial charge in [-0.05, 0) is 35.4 Å². The lowest BCUT2D eigenvalue weighted by Crippen LogP contribution is -2.04. The third kappa shape index (κ3) is 3.34. The Kier molecular flexibility index (Phi) is 4.85. The van der Waals surface area contributed by atoms with Gasteiger partial charge >= 0.3 is 0 Å². The molecule has 0 amide bonds. The van der Waals surface area contributed by atoms with Crippen LogP contribution in [-0.2, 0) is 6.42 Å². The Hall–Kier alpha value is -0.300. The zero-order valence-corrected chi connectivity index (χ0v) is 11.8. The van der Waals surface area contributed by atoms with Gasteiger partial charge in [-0.25, -0.2) is 0 Å². The molecule has 1 aromatic carbocycles. The first-order chi connectivity index (χ1) is 7.06. The first-order valence-corrected chi connectivity index (χ1v) is 6.62. The molecule has 1 atom stereocenters. The lowest BCUT2D eigenvalue weighted by Gasteiger charge is -2.17. The lowest BCUT2D eigenvalue weighted by atomic mass is 9.90. The third-order valence-corrected chi connectivity index (χ3v) is 3.77. The number of rotatable bonds is 4. The van der Waals surface area contributed by atoms with Gasteiger partial charge in [-0.2, -0.15) is 0 Å². The fraction of sp³-hybridized carbons (Fsp3) is 0.571. The van der Waals surface area contributed by atoms with Crippen LogP contribution in [0.25, 0.3) is 0 Å². The Labute approximate surface area is 102 Å². The van der Waals surface area contributed by atoms with Gasteiger partial charge in [-0.3, -0.25) is 0 Å². The number of benzene rings is 1. The molecular formula is C14H21Br. The second-order valence-corrected chi connectivity index (χ2v) is 5.53. The molecule has 1 aromatic rings. The number of halogens is 1. The van der Waals surface area contributed by atoms with Crippen molar-refractivity contribution in [2.45, 2.75) is 46.5 Å². The summed E-state index contributed by atoms with van der Waals surface area (Å²) in [5.41, 5.74) is 2.99. The molecule has 0 nitrogen and oxygen atoms in total. The second-order valence-electron chi connectivity index (χ2n) is 4.68. The van der Waals surface area contributed by atoms with Crippen LogP contribution in [-0.4, -0.2) is 0 Å². The van der Waals surface area contributed by atoms with Crippen LogP contribution in [0.5, 0.6) is 0 Å². The minimum absolute atomic E-state index is 0.613. The van der Waals surface area contributed by atoms with Crippen LogP contribution < -0.4 is 0 Å². The van der Waals surface area contributed by atoms with Crippen molar-refractivity contribution in [1.29, 1.82) is 0 Å². The maximum Gasteiger partial charge on any atom is 0.0210 e. The first kappa shape index (κ1) is 12.8. The first-order valence-electron chi connectivity index (χ1n) is 5.83. The van der Waals surface area contributed by atoms with Crippen molar-refractivity contribution in [1.82, 2.24) is 0 Å². The highest BCUT2D eigenvalue weighted by Gasteiger charge is 2.11. The van der Waals surface area contributed by atoms with E-state index >= 15 is 0 Å². The molecule has 0 aromatic heterocycles. The van der Waals surface area contributed by atoms with Gasteiger partial charge in [-0.15, -0.1) is 0 Å². The minimum Gasteiger partial charge on any atom is -0.0651 e. The van der Waals surface area contributed by atoms with Crippen LogP contribution in [0.15, 0.2) is 22.7 Å². The van der Waals surface area contributed by atoms with Crippen molar-refractivity contribution in [3.8, 4) is 0 Å².